The van der Waals surface area contributed by atoms with Gasteiger partial charge in [-0.1, -0.05) is 48.6 Å². The standard InChI is InChI=1S/C31H38N4O3/c1-2-3-4-13-33-23-28-12-9-26(21-32-16-18-38-19-17-32)20-29(28)35(30(36)24-33)22-25-7-10-27(11-8-25)31(37)34-14-5-6-15-34/h2-3,5-12,20H,4,13-19,21-24H2,1H3/b3-2-. The van der Waals surface area contributed by atoms with Crippen LogP contribution in [0.2, 0.25) is 0 Å². The lowest BCUT2D eigenvalue weighted by molar-refractivity contribution is -0.119. The zero-order valence-electron chi connectivity index (χ0n) is 22.3. The molecule has 0 atom stereocenters. The van der Waals surface area contributed by atoms with Crippen LogP contribution in [0.25, 0.3) is 0 Å². The number of hydrogen-bond acceptors (Lipinski definition) is 5. The molecule has 0 aromatic heterocycles. The Morgan fingerprint density at radius 2 is 1.66 bits per heavy atom. The largest absolute Gasteiger partial charge is 0.379 e. The monoisotopic (exact) mass is 514 g/mol. The summed E-state index contributed by atoms with van der Waals surface area (Å²) in [6.45, 7) is 10.1. The molecule has 200 valence electrons. The Labute approximate surface area is 226 Å². The van der Waals surface area contributed by atoms with Crippen molar-refractivity contribution < 1.29 is 14.3 Å². The molecule has 0 radical (unpaired) electrons. The molecule has 38 heavy (non-hydrogen) atoms. The molecule has 3 aliphatic rings. The van der Waals surface area contributed by atoms with Crippen molar-refractivity contribution in [1.29, 1.82) is 0 Å². The van der Waals surface area contributed by atoms with E-state index in [2.05, 4.69) is 40.2 Å². The second-order valence-electron chi connectivity index (χ2n) is 10.3. The molecule has 0 spiro atoms. The topological polar surface area (TPSA) is 56.3 Å². The number of ether oxygens (including phenoxy) is 1. The van der Waals surface area contributed by atoms with Gasteiger partial charge in [-0.15, -0.1) is 0 Å². The number of carbonyl (C=O) groups excluding carboxylic acids is 2. The molecule has 1 fully saturated rings. The van der Waals surface area contributed by atoms with Gasteiger partial charge in [-0.05, 0) is 48.2 Å². The minimum Gasteiger partial charge on any atom is -0.379 e. The molecule has 2 aromatic carbocycles. The van der Waals surface area contributed by atoms with E-state index in [-0.39, 0.29) is 11.8 Å². The summed E-state index contributed by atoms with van der Waals surface area (Å²) >= 11 is 0. The molecule has 0 aliphatic carbocycles. The fourth-order valence-electron chi connectivity index (χ4n) is 5.34. The Balaban J connectivity index is 1.37. The van der Waals surface area contributed by atoms with Gasteiger partial charge in [0, 0.05) is 57.1 Å². The van der Waals surface area contributed by atoms with E-state index in [1.54, 1.807) is 0 Å². The van der Waals surface area contributed by atoms with Gasteiger partial charge in [0.25, 0.3) is 5.91 Å². The molecule has 7 nitrogen and oxygen atoms in total. The first kappa shape index (κ1) is 26.4. The van der Waals surface area contributed by atoms with Crippen LogP contribution >= 0.6 is 0 Å². The summed E-state index contributed by atoms with van der Waals surface area (Å²) in [7, 11) is 0. The van der Waals surface area contributed by atoms with Crippen LogP contribution in [0.3, 0.4) is 0 Å². The Bertz CT molecular complexity index is 1180. The van der Waals surface area contributed by atoms with Gasteiger partial charge in [0.05, 0.1) is 26.3 Å². The Morgan fingerprint density at radius 1 is 0.921 bits per heavy atom. The van der Waals surface area contributed by atoms with Crippen molar-refractivity contribution in [2.75, 3.05) is 57.4 Å². The smallest absolute Gasteiger partial charge is 0.254 e. The molecule has 0 saturated carbocycles. The first-order chi connectivity index (χ1) is 18.6. The van der Waals surface area contributed by atoms with Crippen LogP contribution < -0.4 is 4.90 Å². The lowest BCUT2D eigenvalue weighted by Gasteiger charge is -2.28. The van der Waals surface area contributed by atoms with Crippen LogP contribution in [0.5, 0.6) is 0 Å². The molecule has 5 rings (SSSR count). The van der Waals surface area contributed by atoms with Crippen LogP contribution in [0, 0.1) is 0 Å². The molecule has 1 saturated heterocycles. The predicted octanol–water partition coefficient (Wildman–Crippen LogP) is 3.85. The van der Waals surface area contributed by atoms with E-state index in [9.17, 15) is 9.59 Å². The van der Waals surface area contributed by atoms with Crippen LogP contribution in [0.4, 0.5) is 5.69 Å². The fourth-order valence-corrected chi connectivity index (χ4v) is 5.34. The number of carbonyl (C=O) groups is 2. The number of allylic oxidation sites excluding steroid dienone is 1. The second kappa shape index (κ2) is 12.5. The van der Waals surface area contributed by atoms with Crippen molar-refractivity contribution >= 4 is 17.5 Å². The highest BCUT2D eigenvalue weighted by Crippen LogP contribution is 2.29. The summed E-state index contributed by atoms with van der Waals surface area (Å²) in [5.41, 5.74) is 5.09. The molecule has 0 bridgehead atoms. The lowest BCUT2D eigenvalue weighted by Crippen LogP contribution is -2.37. The third kappa shape index (κ3) is 6.41. The van der Waals surface area contributed by atoms with E-state index in [1.807, 2.05) is 53.1 Å². The maximum Gasteiger partial charge on any atom is 0.254 e. The van der Waals surface area contributed by atoms with Crippen LogP contribution in [0.15, 0.2) is 66.8 Å². The first-order valence-corrected chi connectivity index (χ1v) is 13.7. The van der Waals surface area contributed by atoms with Gasteiger partial charge in [0.15, 0.2) is 0 Å². The molecule has 0 N–H and O–H groups in total. The summed E-state index contributed by atoms with van der Waals surface area (Å²) in [4.78, 5) is 34.8. The van der Waals surface area contributed by atoms with Crippen molar-refractivity contribution in [2.24, 2.45) is 0 Å². The number of amides is 2. The number of anilines is 1. The van der Waals surface area contributed by atoms with E-state index >= 15 is 0 Å². The lowest BCUT2D eigenvalue weighted by atomic mass is 10.1. The molecule has 2 aromatic rings. The number of fused-ring (bicyclic) bond motifs is 1. The van der Waals surface area contributed by atoms with Gasteiger partial charge in [-0.25, -0.2) is 0 Å². The van der Waals surface area contributed by atoms with Crippen LogP contribution in [0.1, 0.15) is 40.4 Å². The van der Waals surface area contributed by atoms with Gasteiger partial charge < -0.3 is 14.5 Å². The summed E-state index contributed by atoms with van der Waals surface area (Å²) in [6, 6.07) is 14.3. The molecule has 2 amide bonds. The van der Waals surface area contributed by atoms with E-state index in [4.69, 9.17) is 4.74 Å². The van der Waals surface area contributed by atoms with Crippen LogP contribution in [-0.4, -0.2) is 79.0 Å². The molecular weight excluding hydrogens is 476 g/mol. The van der Waals surface area contributed by atoms with E-state index in [0.717, 1.165) is 63.6 Å². The van der Waals surface area contributed by atoms with Gasteiger partial charge >= 0.3 is 0 Å². The van der Waals surface area contributed by atoms with Crippen molar-refractivity contribution in [2.45, 2.75) is 33.0 Å². The SMILES string of the molecule is C/C=C\CCN1CC(=O)N(Cc2ccc(C(=O)N3CC=CC3)cc2)c2cc(CN3CCOCC3)ccc2C1. The zero-order chi connectivity index (χ0) is 26.3. The average Bonchev–Trinajstić information content (AvgIpc) is 3.44. The minimum absolute atomic E-state index is 0.0438. The normalized spacial score (nSPS) is 18.8. The van der Waals surface area contributed by atoms with Gasteiger partial charge in [-0.2, -0.15) is 0 Å². The van der Waals surface area contributed by atoms with Crippen molar-refractivity contribution in [3.8, 4) is 0 Å². The highest BCUT2D eigenvalue weighted by Gasteiger charge is 2.27. The van der Waals surface area contributed by atoms with Gasteiger partial charge in [0.2, 0.25) is 5.91 Å². The van der Waals surface area contributed by atoms with Crippen molar-refractivity contribution in [1.82, 2.24) is 14.7 Å². The van der Waals surface area contributed by atoms with Gasteiger partial charge in [0.1, 0.15) is 0 Å². The second-order valence-corrected chi connectivity index (χ2v) is 10.3. The Kier molecular flexibility index (Phi) is 8.68. The molecule has 3 aliphatic heterocycles. The maximum absolute atomic E-state index is 13.6. The Morgan fingerprint density at radius 3 is 2.39 bits per heavy atom. The molecular formula is C31H38N4O3. The first-order valence-electron chi connectivity index (χ1n) is 13.7. The summed E-state index contributed by atoms with van der Waals surface area (Å²) in [5.74, 6) is 0.151. The third-order valence-electron chi connectivity index (χ3n) is 7.50. The number of nitrogens with zero attached hydrogens (tertiary/aromatic N) is 4. The predicted molar refractivity (Wildman–Crippen MR) is 150 cm³/mol. The Hall–Kier alpha value is -3.26. The minimum atomic E-state index is 0.0438. The molecule has 3 heterocycles. The highest BCUT2D eigenvalue weighted by molar-refractivity contribution is 5.96. The van der Waals surface area contributed by atoms with Crippen molar-refractivity contribution in [3.63, 3.8) is 0 Å². The highest BCUT2D eigenvalue weighted by atomic mass is 16.5. The average molecular weight is 515 g/mol. The quantitative estimate of drug-likeness (QED) is 0.501. The summed E-state index contributed by atoms with van der Waals surface area (Å²) < 4.78 is 5.51. The fraction of sp³-hybridized carbons (Fsp3) is 0.419. The molecule has 0 unspecified atom stereocenters. The number of hydrogen-bond donors (Lipinski definition) is 0. The maximum atomic E-state index is 13.6. The summed E-state index contributed by atoms with van der Waals surface area (Å²) in [5, 5.41) is 0. The summed E-state index contributed by atoms with van der Waals surface area (Å²) in [6.07, 6.45) is 9.18. The zero-order valence-corrected chi connectivity index (χ0v) is 22.3. The van der Waals surface area contributed by atoms with Crippen LogP contribution in [-0.2, 0) is 29.2 Å². The number of rotatable bonds is 8. The van der Waals surface area contributed by atoms with E-state index in [1.165, 1.54) is 11.1 Å². The molecule has 7 heteroatoms. The van der Waals surface area contributed by atoms with Gasteiger partial charge in [-0.3, -0.25) is 19.4 Å². The van der Waals surface area contributed by atoms with Crippen molar-refractivity contribution in [3.05, 3.63) is 89.0 Å². The third-order valence-corrected chi connectivity index (χ3v) is 7.50. The number of morpholine rings is 1. The van der Waals surface area contributed by atoms with E-state index < -0.39 is 0 Å². The van der Waals surface area contributed by atoms with E-state index in [0.29, 0.717) is 31.7 Å². The number of benzene rings is 2.